The van der Waals surface area contributed by atoms with E-state index in [1.807, 2.05) is 7.05 Å². The number of nitrogens with one attached hydrogen (secondary N) is 1. The molecule has 6 heteroatoms. The highest BCUT2D eigenvalue weighted by atomic mass is 127. The summed E-state index contributed by atoms with van der Waals surface area (Å²) in [7, 11) is 1.90. The number of rotatable bonds is 8. The Hall–Kier alpha value is -0.0800. The molecule has 1 saturated heterocycles. The summed E-state index contributed by atoms with van der Waals surface area (Å²) in [5, 5.41) is 3.59. The van der Waals surface area contributed by atoms with Gasteiger partial charge in [0.25, 0.3) is 0 Å². The van der Waals surface area contributed by atoms with Crippen molar-refractivity contribution < 1.29 is 4.74 Å². The lowest BCUT2D eigenvalue weighted by atomic mass is 10.1. The molecular formula is C18H35IN4O. The molecule has 3 rings (SSSR count). The highest BCUT2D eigenvalue weighted by molar-refractivity contribution is 14.0. The quantitative estimate of drug-likeness (QED) is 0.351. The van der Waals surface area contributed by atoms with Crippen LogP contribution in [0.25, 0.3) is 0 Å². The molecule has 3 fully saturated rings. The normalized spacial score (nSPS) is 22.6. The summed E-state index contributed by atoms with van der Waals surface area (Å²) in [6, 6.07) is 0.876. The van der Waals surface area contributed by atoms with Gasteiger partial charge in [0.15, 0.2) is 5.96 Å². The van der Waals surface area contributed by atoms with Crippen LogP contribution in [0.1, 0.15) is 45.4 Å². The predicted octanol–water partition coefficient (Wildman–Crippen LogP) is 2.56. The fraction of sp³-hybridized carbons (Fsp3) is 0.944. The van der Waals surface area contributed by atoms with Crippen molar-refractivity contribution in [1.29, 1.82) is 0 Å². The predicted molar refractivity (Wildman–Crippen MR) is 110 cm³/mol. The monoisotopic (exact) mass is 450 g/mol. The van der Waals surface area contributed by atoms with Crippen molar-refractivity contribution in [3.05, 3.63) is 0 Å². The first-order valence-corrected chi connectivity index (χ1v) is 9.61. The molecule has 2 saturated carbocycles. The first kappa shape index (κ1) is 20.2. The minimum atomic E-state index is 0. The number of ether oxygens (including phenoxy) is 1. The molecular weight excluding hydrogens is 415 g/mol. The van der Waals surface area contributed by atoms with Crippen LogP contribution in [0.2, 0.25) is 0 Å². The van der Waals surface area contributed by atoms with Crippen LogP contribution in [0, 0.1) is 5.92 Å². The molecule has 0 atom stereocenters. The van der Waals surface area contributed by atoms with Gasteiger partial charge < -0.3 is 15.0 Å². The molecule has 0 aromatic carbocycles. The van der Waals surface area contributed by atoms with Gasteiger partial charge in [-0.15, -0.1) is 24.0 Å². The van der Waals surface area contributed by atoms with E-state index in [0.29, 0.717) is 6.10 Å². The number of hydrogen-bond acceptors (Lipinski definition) is 3. The molecule has 0 radical (unpaired) electrons. The van der Waals surface area contributed by atoms with Crippen molar-refractivity contribution in [2.75, 3.05) is 46.4 Å². The molecule has 0 spiro atoms. The lowest BCUT2D eigenvalue weighted by Gasteiger charge is -2.34. The van der Waals surface area contributed by atoms with Gasteiger partial charge in [0.2, 0.25) is 0 Å². The molecule has 1 heterocycles. The summed E-state index contributed by atoms with van der Waals surface area (Å²) in [5.41, 5.74) is 0. The van der Waals surface area contributed by atoms with Gasteiger partial charge in [-0.05, 0) is 51.4 Å². The molecule has 2 aliphatic carbocycles. The lowest BCUT2D eigenvalue weighted by molar-refractivity contribution is 0.0263. The van der Waals surface area contributed by atoms with Gasteiger partial charge in [0, 0.05) is 52.4 Å². The lowest BCUT2D eigenvalue weighted by Crippen LogP contribution is -2.48. The van der Waals surface area contributed by atoms with Crippen LogP contribution in [-0.2, 0) is 4.74 Å². The number of nitrogens with zero attached hydrogens (tertiary/aromatic N) is 3. The molecule has 5 nitrogen and oxygen atoms in total. The maximum Gasteiger partial charge on any atom is 0.193 e. The van der Waals surface area contributed by atoms with Crippen LogP contribution >= 0.6 is 24.0 Å². The number of aliphatic imine (C=N–C) groups is 1. The zero-order valence-electron chi connectivity index (χ0n) is 15.4. The van der Waals surface area contributed by atoms with Crippen molar-refractivity contribution in [2.24, 2.45) is 10.9 Å². The van der Waals surface area contributed by atoms with Crippen LogP contribution in [0.3, 0.4) is 0 Å². The fourth-order valence-corrected chi connectivity index (χ4v) is 3.61. The number of guanidine groups is 1. The first-order valence-electron chi connectivity index (χ1n) is 9.61. The number of hydrogen-bond donors (Lipinski definition) is 1. The Morgan fingerprint density at radius 1 is 1.17 bits per heavy atom. The Kier molecular flexibility index (Phi) is 8.57. The molecule has 0 bridgehead atoms. The molecule has 24 heavy (non-hydrogen) atoms. The third-order valence-electron chi connectivity index (χ3n) is 5.29. The summed E-state index contributed by atoms with van der Waals surface area (Å²) in [5.74, 6) is 2.06. The van der Waals surface area contributed by atoms with Crippen molar-refractivity contribution in [2.45, 2.75) is 57.6 Å². The van der Waals surface area contributed by atoms with E-state index in [4.69, 9.17) is 4.74 Å². The Morgan fingerprint density at radius 2 is 1.88 bits per heavy atom. The second-order valence-corrected chi connectivity index (χ2v) is 7.29. The van der Waals surface area contributed by atoms with Crippen LogP contribution < -0.4 is 5.32 Å². The Bertz CT molecular complexity index is 390. The van der Waals surface area contributed by atoms with Gasteiger partial charge in [-0.1, -0.05) is 0 Å². The summed E-state index contributed by atoms with van der Waals surface area (Å²) in [6.07, 6.45) is 8.40. The van der Waals surface area contributed by atoms with Gasteiger partial charge in [-0.2, -0.15) is 0 Å². The van der Waals surface area contributed by atoms with E-state index >= 15 is 0 Å². The van der Waals surface area contributed by atoms with Gasteiger partial charge in [-0.25, -0.2) is 0 Å². The van der Waals surface area contributed by atoms with E-state index in [1.165, 1.54) is 32.2 Å². The Balaban J connectivity index is 0.00000208. The van der Waals surface area contributed by atoms with Crippen molar-refractivity contribution in [3.63, 3.8) is 0 Å². The Morgan fingerprint density at radius 3 is 2.42 bits per heavy atom. The smallest absolute Gasteiger partial charge is 0.193 e. The Labute approximate surface area is 164 Å². The second kappa shape index (κ2) is 10.2. The number of halogens is 1. The minimum Gasteiger partial charge on any atom is -0.378 e. The highest BCUT2D eigenvalue weighted by Crippen LogP contribution is 2.34. The SMILES string of the molecule is CCOC1CCN(C(=NC)NCCN(CC2CC2)C2CC2)CC1.I. The topological polar surface area (TPSA) is 40.1 Å². The van der Waals surface area contributed by atoms with Crippen LogP contribution in [-0.4, -0.2) is 74.3 Å². The highest BCUT2D eigenvalue weighted by Gasteiger charge is 2.33. The van der Waals surface area contributed by atoms with Crippen molar-refractivity contribution in [1.82, 2.24) is 15.1 Å². The van der Waals surface area contributed by atoms with E-state index in [9.17, 15) is 0 Å². The van der Waals surface area contributed by atoms with Crippen molar-refractivity contribution in [3.8, 4) is 0 Å². The standard InChI is InChI=1S/C18H34N4O.HI/c1-3-23-17-8-11-21(12-9-17)18(19-2)20-10-13-22(16-6-7-16)14-15-4-5-15;/h15-17H,3-14H2,1-2H3,(H,19,20);1H. The van der Waals surface area contributed by atoms with E-state index in [1.54, 1.807) is 0 Å². The second-order valence-electron chi connectivity index (χ2n) is 7.29. The molecule has 0 amide bonds. The first-order chi connectivity index (χ1) is 11.3. The van der Waals surface area contributed by atoms with Gasteiger partial charge in [0.05, 0.1) is 6.10 Å². The average Bonchev–Trinajstić information content (AvgIpc) is 3.46. The van der Waals surface area contributed by atoms with Crippen LogP contribution in [0.5, 0.6) is 0 Å². The maximum absolute atomic E-state index is 5.74. The van der Waals surface area contributed by atoms with E-state index in [-0.39, 0.29) is 24.0 Å². The third-order valence-corrected chi connectivity index (χ3v) is 5.29. The minimum absolute atomic E-state index is 0. The summed E-state index contributed by atoms with van der Waals surface area (Å²) in [4.78, 5) is 9.58. The molecule has 1 N–H and O–H groups in total. The van der Waals surface area contributed by atoms with Gasteiger partial charge in [0.1, 0.15) is 0 Å². The summed E-state index contributed by atoms with van der Waals surface area (Å²) in [6.45, 7) is 8.52. The van der Waals surface area contributed by atoms with Gasteiger partial charge >= 0.3 is 0 Å². The third kappa shape index (κ3) is 6.33. The molecule has 0 unspecified atom stereocenters. The van der Waals surface area contributed by atoms with E-state index < -0.39 is 0 Å². The maximum atomic E-state index is 5.74. The molecule has 3 aliphatic rings. The molecule has 0 aromatic heterocycles. The average molecular weight is 450 g/mol. The number of piperidine rings is 1. The zero-order chi connectivity index (χ0) is 16.1. The molecule has 1 aliphatic heterocycles. The largest absolute Gasteiger partial charge is 0.378 e. The fourth-order valence-electron chi connectivity index (χ4n) is 3.61. The molecule has 0 aromatic rings. The van der Waals surface area contributed by atoms with Crippen LogP contribution in [0.4, 0.5) is 0 Å². The van der Waals surface area contributed by atoms with Gasteiger partial charge in [-0.3, -0.25) is 9.89 Å². The summed E-state index contributed by atoms with van der Waals surface area (Å²) >= 11 is 0. The van der Waals surface area contributed by atoms with E-state index in [0.717, 1.165) is 63.5 Å². The van der Waals surface area contributed by atoms with Crippen molar-refractivity contribution >= 4 is 29.9 Å². The zero-order valence-corrected chi connectivity index (χ0v) is 17.7. The molecule has 140 valence electrons. The number of likely N-dealkylation sites (tertiary alicyclic amines) is 1. The van der Waals surface area contributed by atoms with Crippen LogP contribution in [0.15, 0.2) is 4.99 Å². The van der Waals surface area contributed by atoms with E-state index in [2.05, 4.69) is 27.0 Å². The summed E-state index contributed by atoms with van der Waals surface area (Å²) < 4.78 is 5.74.